The van der Waals surface area contributed by atoms with Gasteiger partial charge in [-0.1, -0.05) is 0 Å². The monoisotopic (exact) mass is 269 g/mol. The molecule has 0 amide bonds. The van der Waals surface area contributed by atoms with Crippen LogP contribution in [0.15, 0.2) is 22.8 Å². The van der Waals surface area contributed by atoms with Crippen LogP contribution < -0.4 is 10.6 Å². The molecular weight excluding hydrogens is 254 g/mol. The number of aromatic nitrogens is 1. The lowest BCUT2D eigenvalue weighted by molar-refractivity contribution is 0.413. The predicted molar refractivity (Wildman–Crippen MR) is 65.9 cm³/mol. The lowest BCUT2D eigenvalue weighted by atomic mass is 9.97. The molecule has 15 heavy (non-hydrogen) atoms. The van der Waals surface area contributed by atoms with E-state index >= 15 is 0 Å². The summed E-state index contributed by atoms with van der Waals surface area (Å²) < 4.78 is 1.03. The number of piperidine rings is 1. The van der Waals surface area contributed by atoms with E-state index in [2.05, 4.69) is 31.9 Å². The largest absolute Gasteiger partial charge is 0.357 e. The van der Waals surface area contributed by atoms with Gasteiger partial charge in [-0.3, -0.25) is 0 Å². The van der Waals surface area contributed by atoms with E-state index < -0.39 is 0 Å². The van der Waals surface area contributed by atoms with Crippen molar-refractivity contribution >= 4 is 21.7 Å². The lowest BCUT2D eigenvalue weighted by Gasteiger charge is -2.32. The molecule has 0 saturated carbocycles. The number of rotatable bonds is 2. The van der Waals surface area contributed by atoms with Gasteiger partial charge in [0.1, 0.15) is 5.82 Å². The molecule has 4 heteroatoms. The second kappa shape index (κ2) is 4.94. The van der Waals surface area contributed by atoms with Gasteiger partial charge in [0.2, 0.25) is 0 Å². The van der Waals surface area contributed by atoms with Gasteiger partial charge in [0.15, 0.2) is 0 Å². The Morgan fingerprint density at radius 2 is 2.13 bits per heavy atom. The van der Waals surface area contributed by atoms with Crippen molar-refractivity contribution in [3.05, 3.63) is 22.8 Å². The number of nitrogens with two attached hydrogens (primary N) is 1. The summed E-state index contributed by atoms with van der Waals surface area (Å²) in [6, 6.07) is 4.10. The number of hydrogen-bond donors (Lipinski definition) is 1. The molecule has 0 atom stereocenters. The Hall–Kier alpha value is -0.610. The predicted octanol–water partition coefficient (Wildman–Crippen LogP) is 2.02. The standard InChI is InChI=1S/C11H16BrN3/c12-10-1-2-11(14-8-10)15-5-3-9(7-13)4-6-15/h1-2,8-9H,3-7,13H2. The molecule has 1 aliphatic heterocycles. The van der Waals surface area contributed by atoms with Crippen molar-refractivity contribution in [3.63, 3.8) is 0 Å². The second-order valence-corrected chi connectivity index (χ2v) is 4.92. The van der Waals surface area contributed by atoms with Gasteiger partial charge in [-0.05, 0) is 53.4 Å². The Morgan fingerprint density at radius 3 is 2.67 bits per heavy atom. The molecular formula is C11H16BrN3. The van der Waals surface area contributed by atoms with Gasteiger partial charge in [0, 0.05) is 23.8 Å². The molecule has 1 aromatic rings. The van der Waals surface area contributed by atoms with Gasteiger partial charge < -0.3 is 10.6 Å². The van der Waals surface area contributed by atoms with Crippen LogP contribution in [0.5, 0.6) is 0 Å². The maximum Gasteiger partial charge on any atom is 0.128 e. The maximum atomic E-state index is 5.67. The Balaban J connectivity index is 1.98. The number of pyridine rings is 1. The molecule has 1 aromatic heterocycles. The molecule has 0 unspecified atom stereocenters. The third kappa shape index (κ3) is 2.69. The van der Waals surface area contributed by atoms with Crippen molar-refractivity contribution in [2.75, 3.05) is 24.5 Å². The topological polar surface area (TPSA) is 42.1 Å². The second-order valence-electron chi connectivity index (χ2n) is 4.00. The van der Waals surface area contributed by atoms with Crippen LogP contribution in [-0.4, -0.2) is 24.6 Å². The van der Waals surface area contributed by atoms with E-state index in [1.165, 1.54) is 12.8 Å². The van der Waals surface area contributed by atoms with E-state index in [1.54, 1.807) is 0 Å². The van der Waals surface area contributed by atoms with E-state index in [0.717, 1.165) is 29.9 Å². The van der Waals surface area contributed by atoms with E-state index in [1.807, 2.05) is 12.3 Å². The van der Waals surface area contributed by atoms with Crippen LogP contribution in [0.2, 0.25) is 0 Å². The molecule has 1 saturated heterocycles. The summed E-state index contributed by atoms with van der Waals surface area (Å²) in [5.41, 5.74) is 5.67. The van der Waals surface area contributed by atoms with Gasteiger partial charge in [-0.25, -0.2) is 4.98 Å². The van der Waals surface area contributed by atoms with Crippen LogP contribution in [-0.2, 0) is 0 Å². The Labute approximate surface area is 98.8 Å². The van der Waals surface area contributed by atoms with E-state index in [9.17, 15) is 0 Å². The summed E-state index contributed by atoms with van der Waals surface area (Å²) in [5.74, 6) is 1.78. The van der Waals surface area contributed by atoms with Gasteiger partial charge in [-0.2, -0.15) is 0 Å². The highest BCUT2D eigenvalue weighted by molar-refractivity contribution is 9.10. The first-order chi connectivity index (χ1) is 7.29. The minimum Gasteiger partial charge on any atom is -0.357 e. The zero-order chi connectivity index (χ0) is 10.7. The van der Waals surface area contributed by atoms with Crippen LogP contribution in [0, 0.1) is 5.92 Å². The van der Waals surface area contributed by atoms with Gasteiger partial charge in [0.25, 0.3) is 0 Å². The normalized spacial score (nSPS) is 18.1. The minimum atomic E-state index is 0.705. The molecule has 2 rings (SSSR count). The van der Waals surface area contributed by atoms with Crippen LogP contribution in [0.1, 0.15) is 12.8 Å². The maximum absolute atomic E-state index is 5.67. The van der Waals surface area contributed by atoms with Gasteiger partial charge in [0.05, 0.1) is 0 Å². The van der Waals surface area contributed by atoms with Crippen molar-refractivity contribution in [2.24, 2.45) is 11.7 Å². The SMILES string of the molecule is NCC1CCN(c2ccc(Br)cn2)CC1. The third-order valence-corrected chi connectivity index (χ3v) is 3.45. The summed E-state index contributed by atoms with van der Waals surface area (Å²) in [6.45, 7) is 2.98. The van der Waals surface area contributed by atoms with Crippen molar-refractivity contribution in [1.29, 1.82) is 0 Å². The number of nitrogens with zero attached hydrogens (tertiary/aromatic N) is 2. The van der Waals surface area contributed by atoms with E-state index in [0.29, 0.717) is 5.92 Å². The Bertz CT molecular complexity index is 304. The molecule has 2 heterocycles. The summed E-state index contributed by atoms with van der Waals surface area (Å²) in [4.78, 5) is 6.73. The van der Waals surface area contributed by atoms with Crippen LogP contribution >= 0.6 is 15.9 Å². The highest BCUT2D eigenvalue weighted by atomic mass is 79.9. The fraction of sp³-hybridized carbons (Fsp3) is 0.545. The first-order valence-electron chi connectivity index (χ1n) is 5.36. The van der Waals surface area contributed by atoms with Gasteiger partial charge in [-0.15, -0.1) is 0 Å². The summed E-state index contributed by atoms with van der Waals surface area (Å²) in [6.07, 6.45) is 4.23. The van der Waals surface area contributed by atoms with E-state index in [-0.39, 0.29) is 0 Å². The fourth-order valence-electron chi connectivity index (χ4n) is 1.95. The first kappa shape index (κ1) is 10.9. The summed E-state index contributed by atoms with van der Waals surface area (Å²) in [7, 11) is 0. The quantitative estimate of drug-likeness (QED) is 0.894. The number of halogens is 1. The molecule has 82 valence electrons. The minimum absolute atomic E-state index is 0.705. The highest BCUT2D eigenvalue weighted by Gasteiger charge is 2.18. The zero-order valence-electron chi connectivity index (χ0n) is 8.69. The lowest BCUT2D eigenvalue weighted by Crippen LogP contribution is -2.36. The Morgan fingerprint density at radius 1 is 1.40 bits per heavy atom. The first-order valence-corrected chi connectivity index (χ1v) is 6.15. The molecule has 0 bridgehead atoms. The smallest absolute Gasteiger partial charge is 0.128 e. The van der Waals surface area contributed by atoms with Crippen molar-refractivity contribution < 1.29 is 0 Å². The third-order valence-electron chi connectivity index (χ3n) is 2.98. The van der Waals surface area contributed by atoms with Crippen LogP contribution in [0.3, 0.4) is 0 Å². The highest BCUT2D eigenvalue weighted by Crippen LogP contribution is 2.21. The molecule has 0 aromatic carbocycles. The molecule has 2 N–H and O–H groups in total. The molecule has 0 radical (unpaired) electrons. The molecule has 0 aliphatic carbocycles. The van der Waals surface area contributed by atoms with Crippen molar-refractivity contribution in [1.82, 2.24) is 4.98 Å². The Kier molecular flexibility index (Phi) is 3.59. The van der Waals surface area contributed by atoms with E-state index in [4.69, 9.17) is 5.73 Å². The number of hydrogen-bond acceptors (Lipinski definition) is 3. The summed E-state index contributed by atoms with van der Waals surface area (Å²) in [5, 5.41) is 0. The van der Waals surface area contributed by atoms with Crippen molar-refractivity contribution in [2.45, 2.75) is 12.8 Å². The zero-order valence-corrected chi connectivity index (χ0v) is 10.3. The molecule has 1 aliphatic rings. The molecule has 1 fully saturated rings. The number of anilines is 1. The molecule has 3 nitrogen and oxygen atoms in total. The summed E-state index contributed by atoms with van der Waals surface area (Å²) >= 11 is 3.39. The van der Waals surface area contributed by atoms with Crippen LogP contribution in [0.4, 0.5) is 5.82 Å². The average Bonchev–Trinajstić information content (AvgIpc) is 2.30. The average molecular weight is 270 g/mol. The fourth-order valence-corrected chi connectivity index (χ4v) is 2.19. The van der Waals surface area contributed by atoms with Crippen molar-refractivity contribution in [3.8, 4) is 0 Å². The molecule has 0 spiro atoms. The van der Waals surface area contributed by atoms with Gasteiger partial charge >= 0.3 is 0 Å². The van der Waals surface area contributed by atoms with Crippen LogP contribution in [0.25, 0.3) is 0 Å².